The van der Waals surface area contributed by atoms with E-state index in [9.17, 15) is 9.59 Å². The lowest BCUT2D eigenvalue weighted by Gasteiger charge is -2.35. The third-order valence-corrected chi connectivity index (χ3v) is 5.19. The summed E-state index contributed by atoms with van der Waals surface area (Å²) in [7, 11) is 1.89. The molecule has 0 aliphatic carbocycles. The van der Waals surface area contributed by atoms with E-state index in [1.165, 1.54) is 0 Å². The predicted octanol–water partition coefficient (Wildman–Crippen LogP) is 1.30. The molecule has 1 aliphatic heterocycles. The fourth-order valence-electron chi connectivity index (χ4n) is 3.63. The molecule has 1 aromatic carbocycles. The Morgan fingerprint density at radius 3 is 2.79 bits per heavy atom. The van der Waals surface area contributed by atoms with Gasteiger partial charge >= 0.3 is 0 Å². The van der Waals surface area contributed by atoms with E-state index >= 15 is 0 Å². The average molecular weight is 377 g/mol. The van der Waals surface area contributed by atoms with Gasteiger partial charge in [0.1, 0.15) is 11.7 Å². The molecule has 0 radical (unpaired) electrons. The summed E-state index contributed by atoms with van der Waals surface area (Å²) in [4.78, 5) is 31.7. The molecule has 4 rings (SSSR count). The molecule has 1 saturated heterocycles. The van der Waals surface area contributed by atoms with E-state index in [0.29, 0.717) is 31.9 Å². The fraction of sp³-hybridized carbons (Fsp3) is 0.286. The van der Waals surface area contributed by atoms with Gasteiger partial charge in [0.2, 0.25) is 5.91 Å². The van der Waals surface area contributed by atoms with Crippen molar-refractivity contribution in [3.8, 4) is 0 Å². The molecule has 2 aromatic heterocycles. The number of benzene rings is 1. The lowest BCUT2D eigenvalue weighted by atomic mass is 10.1. The maximum Gasteiger partial charge on any atom is 0.271 e. The lowest BCUT2D eigenvalue weighted by Crippen LogP contribution is -2.59. The van der Waals surface area contributed by atoms with Gasteiger partial charge in [0, 0.05) is 56.5 Å². The molecular weight excluding hydrogens is 354 g/mol. The number of hydrogen-bond acceptors (Lipinski definition) is 4. The summed E-state index contributed by atoms with van der Waals surface area (Å²) in [6.07, 6.45) is 3.39. The summed E-state index contributed by atoms with van der Waals surface area (Å²) in [6, 6.07) is 13.0. The highest BCUT2D eigenvalue weighted by molar-refractivity contribution is 6.01. The Bertz CT molecular complexity index is 998. The van der Waals surface area contributed by atoms with Crippen LogP contribution in [-0.2, 0) is 18.4 Å². The van der Waals surface area contributed by atoms with E-state index < -0.39 is 6.04 Å². The number of para-hydroxylation sites is 1. The van der Waals surface area contributed by atoms with Crippen molar-refractivity contribution in [1.29, 1.82) is 0 Å². The third-order valence-electron chi connectivity index (χ3n) is 5.19. The molecule has 0 unspecified atom stereocenters. The Morgan fingerprint density at radius 1 is 1.21 bits per heavy atom. The molecule has 0 spiro atoms. The quantitative estimate of drug-likeness (QED) is 0.718. The van der Waals surface area contributed by atoms with Gasteiger partial charge in [0.05, 0.1) is 0 Å². The molecule has 28 heavy (non-hydrogen) atoms. The largest absolute Gasteiger partial charge is 0.350 e. The van der Waals surface area contributed by atoms with Crippen molar-refractivity contribution in [3.05, 3.63) is 66.1 Å². The van der Waals surface area contributed by atoms with Crippen LogP contribution in [0, 0.1) is 0 Å². The molecule has 1 fully saturated rings. The second kappa shape index (κ2) is 7.82. The van der Waals surface area contributed by atoms with Gasteiger partial charge in [0.15, 0.2) is 0 Å². The first-order chi connectivity index (χ1) is 13.6. The summed E-state index contributed by atoms with van der Waals surface area (Å²) in [5.74, 6) is -0.277. The highest BCUT2D eigenvalue weighted by Gasteiger charge is 2.33. The van der Waals surface area contributed by atoms with E-state index in [-0.39, 0.29) is 11.8 Å². The van der Waals surface area contributed by atoms with Crippen molar-refractivity contribution >= 4 is 22.7 Å². The van der Waals surface area contributed by atoms with Crippen LogP contribution in [0.25, 0.3) is 10.9 Å². The van der Waals surface area contributed by atoms with Gasteiger partial charge in [-0.25, -0.2) is 0 Å². The van der Waals surface area contributed by atoms with Crippen molar-refractivity contribution in [2.45, 2.75) is 12.6 Å². The van der Waals surface area contributed by atoms with Crippen LogP contribution in [0.1, 0.15) is 16.1 Å². The molecule has 144 valence electrons. The minimum absolute atomic E-state index is 0.121. The van der Waals surface area contributed by atoms with Crippen molar-refractivity contribution in [2.24, 2.45) is 7.05 Å². The van der Waals surface area contributed by atoms with Crippen LogP contribution in [0.15, 0.2) is 54.9 Å². The van der Waals surface area contributed by atoms with Crippen LogP contribution < -0.4 is 10.6 Å². The SMILES string of the molecule is Cn1c(C(=O)N2CCNC[C@@H]2C(=O)NCc2ccncc2)cc2ccccc21. The average Bonchev–Trinajstić information content (AvgIpc) is 3.09. The van der Waals surface area contributed by atoms with Gasteiger partial charge in [-0.05, 0) is 29.8 Å². The standard InChI is InChI=1S/C21H23N5O2/c1-25-17-5-3-2-4-16(17)12-18(25)21(28)26-11-10-23-14-19(26)20(27)24-13-15-6-8-22-9-7-15/h2-9,12,19,23H,10-11,13-14H2,1H3,(H,24,27)/t19-/m1/s1. The fourth-order valence-corrected chi connectivity index (χ4v) is 3.63. The molecule has 7 heteroatoms. The van der Waals surface area contributed by atoms with E-state index in [1.54, 1.807) is 17.3 Å². The zero-order valence-corrected chi connectivity index (χ0v) is 15.8. The summed E-state index contributed by atoms with van der Waals surface area (Å²) >= 11 is 0. The number of pyridine rings is 1. The van der Waals surface area contributed by atoms with Gasteiger partial charge in [0.25, 0.3) is 5.91 Å². The monoisotopic (exact) mass is 377 g/mol. The highest BCUT2D eigenvalue weighted by atomic mass is 16.2. The molecule has 7 nitrogen and oxygen atoms in total. The van der Waals surface area contributed by atoms with Crippen LogP contribution in [0.4, 0.5) is 0 Å². The Hall–Kier alpha value is -3.19. The number of nitrogens with one attached hydrogen (secondary N) is 2. The van der Waals surface area contributed by atoms with Crippen LogP contribution in [0.5, 0.6) is 0 Å². The number of hydrogen-bond donors (Lipinski definition) is 2. The predicted molar refractivity (Wildman–Crippen MR) is 107 cm³/mol. The number of amides is 2. The normalized spacial score (nSPS) is 16.9. The van der Waals surface area contributed by atoms with Crippen LogP contribution in [-0.4, -0.2) is 51.9 Å². The number of aryl methyl sites for hydroxylation is 1. The number of piperazine rings is 1. The zero-order chi connectivity index (χ0) is 19.5. The van der Waals surface area contributed by atoms with Crippen molar-refractivity contribution in [2.75, 3.05) is 19.6 Å². The Labute approximate surface area is 163 Å². The molecular formula is C21H23N5O2. The first kappa shape index (κ1) is 18.2. The smallest absolute Gasteiger partial charge is 0.271 e. The number of carbonyl (C=O) groups excluding carboxylic acids is 2. The van der Waals surface area contributed by atoms with Crippen molar-refractivity contribution in [1.82, 2.24) is 25.1 Å². The molecule has 1 aliphatic rings. The van der Waals surface area contributed by atoms with Crippen molar-refractivity contribution < 1.29 is 9.59 Å². The first-order valence-electron chi connectivity index (χ1n) is 9.38. The molecule has 2 N–H and O–H groups in total. The topological polar surface area (TPSA) is 79.3 Å². The minimum Gasteiger partial charge on any atom is -0.350 e. The lowest BCUT2D eigenvalue weighted by molar-refractivity contribution is -0.126. The molecule has 0 saturated carbocycles. The molecule has 1 atom stereocenters. The van der Waals surface area contributed by atoms with Gasteiger partial charge in [-0.2, -0.15) is 0 Å². The maximum atomic E-state index is 13.3. The molecule has 3 aromatic rings. The van der Waals surface area contributed by atoms with E-state index in [0.717, 1.165) is 16.5 Å². The van der Waals surface area contributed by atoms with Crippen molar-refractivity contribution in [3.63, 3.8) is 0 Å². The summed E-state index contributed by atoms with van der Waals surface area (Å²) < 4.78 is 1.89. The maximum absolute atomic E-state index is 13.3. The number of nitrogens with zero attached hydrogens (tertiary/aromatic N) is 3. The molecule has 0 bridgehead atoms. The number of carbonyl (C=O) groups is 2. The summed E-state index contributed by atoms with van der Waals surface area (Å²) in [6.45, 7) is 2.02. The van der Waals surface area contributed by atoms with Crippen LogP contribution in [0.2, 0.25) is 0 Å². The van der Waals surface area contributed by atoms with Gasteiger partial charge in [-0.3, -0.25) is 14.6 Å². The molecule has 2 amide bonds. The highest BCUT2D eigenvalue weighted by Crippen LogP contribution is 2.21. The Morgan fingerprint density at radius 2 is 2.00 bits per heavy atom. The van der Waals surface area contributed by atoms with Gasteiger partial charge in [-0.15, -0.1) is 0 Å². The van der Waals surface area contributed by atoms with Crippen LogP contribution >= 0.6 is 0 Å². The zero-order valence-electron chi connectivity index (χ0n) is 15.8. The number of fused-ring (bicyclic) bond motifs is 1. The van der Waals surface area contributed by atoms with Gasteiger partial charge < -0.3 is 20.1 Å². The second-order valence-corrected chi connectivity index (χ2v) is 6.94. The summed E-state index contributed by atoms with van der Waals surface area (Å²) in [5, 5.41) is 7.17. The Balaban J connectivity index is 1.53. The molecule has 3 heterocycles. The van der Waals surface area contributed by atoms with Crippen LogP contribution in [0.3, 0.4) is 0 Å². The minimum atomic E-state index is -0.541. The summed E-state index contributed by atoms with van der Waals surface area (Å²) in [5.41, 5.74) is 2.56. The van der Waals surface area contributed by atoms with E-state index in [2.05, 4.69) is 15.6 Å². The van der Waals surface area contributed by atoms with E-state index in [1.807, 2.05) is 54.1 Å². The van der Waals surface area contributed by atoms with E-state index in [4.69, 9.17) is 0 Å². The first-order valence-corrected chi connectivity index (χ1v) is 9.38. The second-order valence-electron chi connectivity index (χ2n) is 6.94. The number of aromatic nitrogens is 2. The Kier molecular flexibility index (Phi) is 5.08. The third kappa shape index (κ3) is 3.48. The van der Waals surface area contributed by atoms with Gasteiger partial charge in [-0.1, -0.05) is 18.2 Å². The number of rotatable bonds is 4.